The largest absolute Gasteiger partial charge is 0.493 e. The van der Waals surface area contributed by atoms with Gasteiger partial charge in [0.05, 0.1) is 11.6 Å². The van der Waals surface area contributed by atoms with Crippen LogP contribution in [0.3, 0.4) is 0 Å². The monoisotopic (exact) mass is 355 g/mol. The fourth-order valence-corrected chi connectivity index (χ4v) is 2.39. The van der Waals surface area contributed by atoms with Crippen molar-refractivity contribution >= 4 is 33.2 Å². The van der Waals surface area contributed by atoms with E-state index in [-0.39, 0.29) is 0 Å². The third-order valence-electron chi connectivity index (χ3n) is 2.65. The molecule has 5 heteroatoms. The molecule has 0 atom stereocenters. The molecule has 0 spiro atoms. The second-order valence-corrected chi connectivity index (χ2v) is 5.35. The summed E-state index contributed by atoms with van der Waals surface area (Å²) in [4.78, 5) is 0. The van der Waals surface area contributed by atoms with Crippen LogP contribution in [0.4, 0.5) is 5.69 Å². The van der Waals surface area contributed by atoms with Gasteiger partial charge in [0.15, 0.2) is 11.5 Å². The molecule has 20 heavy (non-hydrogen) atoms. The lowest BCUT2D eigenvalue weighted by Crippen LogP contribution is -2.12. The minimum absolute atomic E-state index is 0.519. The molecule has 0 aliphatic rings. The summed E-state index contributed by atoms with van der Waals surface area (Å²) in [5.41, 5.74) is 0.972. The van der Waals surface area contributed by atoms with Crippen molar-refractivity contribution in [3.8, 4) is 11.5 Å². The molecule has 2 rings (SSSR count). The Morgan fingerprint density at radius 3 is 2.75 bits per heavy atom. The van der Waals surface area contributed by atoms with Crippen LogP contribution in [0, 0.1) is 0 Å². The second kappa shape index (κ2) is 7.41. The van der Waals surface area contributed by atoms with Crippen molar-refractivity contribution in [1.82, 2.24) is 0 Å². The first kappa shape index (κ1) is 15.0. The van der Waals surface area contributed by atoms with E-state index in [2.05, 4.69) is 21.2 Å². The Balaban J connectivity index is 1.87. The number of hydrogen-bond donors (Lipinski definition) is 1. The molecule has 0 saturated heterocycles. The van der Waals surface area contributed by atoms with Crippen molar-refractivity contribution in [2.75, 3.05) is 25.6 Å². The highest BCUT2D eigenvalue weighted by Crippen LogP contribution is 2.34. The number of ether oxygens (including phenoxy) is 2. The fourth-order valence-electron chi connectivity index (χ4n) is 1.74. The molecule has 0 saturated carbocycles. The first-order valence-corrected chi connectivity index (χ1v) is 7.32. The van der Waals surface area contributed by atoms with Crippen LogP contribution < -0.4 is 14.8 Å². The zero-order valence-electron chi connectivity index (χ0n) is 11.0. The van der Waals surface area contributed by atoms with Crippen LogP contribution in [0.25, 0.3) is 0 Å². The van der Waals surface area contributed by atoms with Crippen LogP contribution in [0.2, 0.25) is 5.02 Å². The summed E-state index contributed by atoms with van der Waals surface area (Å²) in [5, 5.41) is 3.96. The van der Waals surface area contributed by atoms with Crippen molar-refractivity contribution < 1.29 is 9.47 Å². The van der Waals surface area contributed by atoms with Crippen LogP contribution in [-0.2, 0) is 0 Å². The van der Waals surface area contributed by atoms with Gasteiger partial charge in [-0.3, -0.25) is 0 Å². The Hall–Kier alpha value is -1.39. The molecule has 0 amide bonds. The predicted molar refractivity (Wildman–Crippen MR) is 86.1 cm³/mol. The predicted octanol–water partition coefficient (Wildman–Crippen LogP) is 4.60. The minimum Gasteiger partial charge on any atom is -0.493 e. The maximum Gasteiger partial charge on any atom is 0.175 e. The standard InChI is InChI=1S/C15H15BrClNO2/c1-19-14-7-3-6-13(16)15(14)20-9-8-18-12-5-2-4-11(17)10-12/h2-7,10,18H,8-9H2,1H3. The molecule has 2 aromatic carbocycles. The molecule has 0 bridgehead atoms. The molecule has 0 aliphatic heterocycles. The van der Waals surface area contributed by atoms with Gasteiger partial charge in [-0.05, 0) is 46.3 Å². The van der Waals surface area contributed by atoms with E-state index in [4.69, 9.17) is 21.1 Å². The lowest BCUT2D eigenvalue weighted by Gasteiger charge is -2.13. The molecule has 0 radical (unpaired) electrons. The highest BCUT2D eigenvalue weighted by atomic mass is 79.9. The van der Waals surface area contributed by atoms with Gasteiger partial charge in [0, 0.05) is 17.3 Å². The molecular weight excluding hydrogens is 342 g/mol. The number of halogens is 2. The number of benzene rings is 2. The number of methoxy groups -OCH3 is 1. The summed E-state index contributed by atoms with van der Waals surface area (Å²) in [7, 11) is 1.62. The first-order chi connectivity index (χ1) is 9.70. The summed E-state index contributed by atoms with van der Waals surface area (Å²) in [6.07, 6.45) is 0. The zero-order valence-corrected chi connectivity index (χ0v) is 13.4. The van der Waals surface area contributed by atoms with Gasteiger partial charge < -0.3 is 14.8 Å². The molecule has 0 aromatic heterocycles. The molecule has 2 aromatic rings. The minimum atomic E-state index is 0.519. The Morgan fingerprint density at radius 2 is 2.00 bits per heavy atom. The third-order valence-corrected chi connectivity index (χ3v) is 3.51. The lowest BCUT2D eigenvalue weighted by molar-refractivity contribution is 0.304. The Labute approximate surface area is 132 Å². The average molecular weight is 357 g/mol. The summed E-state index contributed by atoms with van der Waals surface area (Å²) in [5.74, 6) is 1.42. The van der Waals surface area contributed by atoms with Crippen molar-refractivity contribution in [1.29, 1.82) is 0 Å². The highest BCUT2D eigenvalue weighted by molar-refractivity contribution is 9.10. The van der Waals surface area contributed by atoms with Crippen LogP contribution in [-0.4, -0.2) is 20.3 Å². The van der Waals surface area contributed by atoms with E-state index >= 15 is 0 Å². The topological polar surface area (TPSA) is 30.5 Å². The van der Waals surface area contributed by atoms with E-state index in [1.165, 1.54) is 0 Å². The maximum atomic E-state index is 5.92. The Bertz CT molecular complexity index is 578. The van der Waals surface area contributed by atoms with Crippen LogP contribution in [0.1, 0.15) is 0 Å². The Morgan fingerprint density at radius 1 is 1.20 bits per heavy atom. The van der Waals surface area contributed by atoms with E-state index in [0.29, 0.717) is 29.7 Å². The van der Waals surface area contributed by atoms with Crippen LogP contribution >= 0.6 is 27.5 Å². The smallest absolute Gasteiger partial charge is 0.175 e. The second-order valence-electron chi connectivity index (χ2n) is 4.06. The van der Waals surface area contributed by atoms with Crippen molar-refractivity contribution in [3.63, 3.8) is 0 Å². The molecular formula is C15H15BrClNO2. The van der Waals surface area contributed by atoms with Crippen molar-refractivity contribution in [2.45, 2.75) is 0 Å². The maximum absolute atomic E-state index is 5.92. The quantitative estimate of drug-likeness (QED) is 0.767. The van der Waals surface area contributed by atoms with Crippen LogP contribution in [0.15, 0.2) is 46.9 Å². The summed E-state index contributed by atoms with van der Waals surface area (Å²) in [6.45, 7) is 1.19. The molecule has 3 nitrogen and oxygen atoms in total. The van der Waals surface area contributed by atoms with Crippen molar-refractivity contribution in [2.24, 2.45) is 0 Å². The number of para-hydroxylation sites is 1. The fraction of sp³-hybridized carbons (Fsp3) is 0.200. The van der Waals surface area contributed by atoms with Gasteiger partial charge in [0.2, 0.25) is 0 Å². The van der Waals surface area contributed by atoms with Crippen molar-refractivity contribution in [3.05, 3.63) is 52.0 Å². The van der Waals surface area contributed by atoms with Gasteiger partial charge in [0.25, 0.3) is 0 Å². The van der Waals surface area contributed by atoms with Crippen LogP contribution in [0.5, 0.6) is 11.5 Å². The SMILES string of the molecule is COc1cccc(Br)c1OCCNc1cccc(Cl)c1. The number of nitrogens with one attached hydrogen (secondary N) is 1. The van der Waals surface area contributed by atoms with Gasteiger partial charge in [-0.1, -0.05) is 23.7 Å². The van der Waals surface area contributed by atoms with Gasteiger partial charge >= 0.3 is 0 Å². The first-order valence-electron chi connectivity index (χ1n) is 6.15. The normalized spacial score (nSPS) is 10.2. The summed E-state index contributed by atoms with van der Waals surface area (Å²) < 4.78 is 11.9. The van der Waals surface area contributed by atoms with E-state index < -0.39 is 0 Å². The highest BCUT2D eigenvalue weighted by Gasteiger charge is 2.07. The number of hydrogen-bond acceptors (Lipinski definition) is 3. The van der Waals surface area contributed by atoms with Gasteiger partial charge in [-0.25, -0.2) is 0 Å². The van der Waals surface area contributed by atoms with E-state index in [0.717, 1.165) is 10.2 Å². The van der Waals surface area contributed by atoms with E-state index in [1.807, 2.05) is 42.5 Å². The molecule has 0 fully saturated rings. The summed E-state index contributed by atoms with van der Waals surface area (Å²) >= 11 is 9.37. The molecule has 0 heterocycles. The number of rotatable bonds is 6. The van der Waals surface area contributed by atoms with Gasteiger partial charge in [0.1, 0.15) is 6.61 Å². The summed E-state index contributed by atoms with van der Waals surface area (Å²) in [6, 6.07) is 13.3. The molecule has 106 valence electrons. The molecule has 1 N–H and O–H groups in total. The molecule has 0 unspecified atom stereocenters. The lowest BCUT2D eigenvalue weighted by atomic mass is 10.3. The Kier molecular flexibility index (Phi) is 5.56. The van der Waals surface area contributed by atoms with E-state index in [9.17, 15) is 0 Å². The van der Waals surface area contributed by atoms with Gasteiger partial charge in [-0.2, -0.15) is 0 Å². The van der Waals surface area contributed by atoms with Gasteiger partial charge in [-0.15, -0.1) is 0 Å². The number of anilines is 1. The van der Waals surface area contributed by atoms with E-state index in [1.54, 1.807) is 7.11 Å². The zero-order chi connectivity index (χ0) is 14.4. The molecule has 0 aliphatic carbocycles. The average Bonchev–Trinajstić information content (AvgIpc) is 2.45. The third kappa shape index (κ3) is 4.05.